The minimum atomic E-state index is -0.692. The highest BCUT2D eigenvalue weighted by atomic mass is 16.4. The third-order valence-corrected chi connectivity index (χ3v) is 3.33. The number of hydrogen-bond acceptors (Lipinski definition) is 3. The topological polar surface area (TPSA) is 52.6 Å². The molecule has 1 rings (SSSR count). The summed E-state index contributed by atoms with van der Waals surface area (Å²) in [4.78, 5) is 13.2. The van der Waals surface area contributed by atoms with E-state index < -0.39 is 5.97 Å². The number of hydrogen-bond donors (Lipinski definition) is 2. The van der Waals surface area contributed by atoms with E-state index in [1.54, 1.807) is 0 Å². The van der Waals surface area contributed by atoms with Crippen molar-refractivity contribution in [2.45, 2.75) is 51.6 Å². The molecule has 4 nitrogen and oxygen atoms in total. The Morgan fingerprint density at radius 1 is 1.56 bits per heavy atom. The van der Waals surface area contributed by atoms with E-state index in [4.69, 9.17) is 5.11 Å². The summed E-state index contributed by atoms with van der Waals surface area (Å²) < 4.78 is 0. The molecule has 94 valence electrons. The second kappa shape index (κ2) is 6.86. The van der Waals surface area contributed by atoms with Crippen LogP contribution in [0.5, 0.6) is 0 Å². The minimum absolute atomic E-state index is 0.154. The maximum Gasteiger partial charge on any atom is 0.304 e. The molecular weight excluding hydrogens is 204 g/mol. The first-order chi connectivity index (χ1) is 7.65. The standard InChI is InChI=1S/C12H24N2O2/c1-3-4-7-14-10(2)5-6-13-9-11(14)8-12(15)16/h10-11,13H,3-9H2,1-2H3,(H,15,16). The fraction of sp³-hybridized carbons (Fsp3) is 0.917. The molecule has 0 aromatic heterocycles. The molecule has 0 saturated carbocycles. The van der Waals surface area contributed by atoms with E-state index in [-0.39, 0.29) is 12.5 Å². The van der Waals surface area contributed by atoms with Gasteiger partial charge in [0.2, 0.25) is 0 Å². The molecule has 0 aromatic rings. The quantitative estimate of drug-likeness (QED) is 0.745. The number of carboxylic acids is 1. The predicted molar refractivity (Wildman–Crippen MR) is 64.6 cm³/mol. The van der Waals surface area contributed by atoms with Crippen LogP contribution in [-0.4, -0.2) is 47.7 Å². The largest absolute Gasteiger partial charge is 0.481 e. The summed E-state index contributed by atoms with van der Waals surface area (Å²) >= 11 is 0. The van der Waals surface area contributed by atoms with Crippen LogP contribution in [0.15, 0.2) is 0 Å². The molecule has 1 aliphatic rings. The molecule has 1 fully saturated rings. The summed E-state index contributed by atoms with van der Waals surface area (Å²) in [6, 6.07) is 0.646. The van der Waals surface area contributed by atoms with Crippen molar-refractivity contribution >= 4 is 5.97 Å². The van der Waals surface area contributed by atoms with E-state index in [0.717, 1.165) is 38.9 Å². The minimum Gasteiger partial charge on any atom is -0.481 e. The van der Waals surface area contributed by atoms with Gasteiger partial charge >= 0.3 is 5.97 Å². The monoisotopic (exact) mass is 228 g/mol. The number of carbonyl (C=O) groups is 1. The van der Waals surface area contributed by atoms with Gasteiger partial charge in [-0.25, -0.2) is 0 Å². The van der Waals surface area contributed by atoms with Gasteiger partial charge < -0.3 is 10.4 Å². The molecule has 0 bridgehead atoms. The fourth-order valence-electron chi connectivity index (χ4n) is 2.36. The number of unbranched alkanes of at least 4 members (excludes halogenated alkanes) is 1. The molecule has 0 radical (unpaired) electrons. The van der Waals surface area contributed by atoms with Crippen molar-refractivity contribution in [2.24, 2.45) is 0 Å². The fourth-order valence-corrected chi connectivity index (χ4v) is 2.36. The van der Waals surface area contributed by atoms with Crippen molar-refractivity contribution in [1.82, 2.24) is 10.2 Å². The van der Waals surface area contributed by atoms with Crippen molar-refractivity contribution < 1.29 is 9.90 Å². The molecule has 1 heterocycles. The lowest BCUT2D eigenvalue weighted by atomic mass is 10.1. The highest BCUT2D eigenvalue weighted by Gasteiger charge is 2.26. The summed E-state index contributed by atoms with van der Waals surface area (Å²) in [6.45, 7) is 7.21. The highest BCUT2D eigenvalue weighted by molar-refractivity contribution is 5.67. The molecule has 0 spiro atoms. The second-order valence-corrected chi connectivity index (χ2v) is 4.68. The van der Waals surface area contributed by atoms with Gasteiger partial charge in [0.25, 0.3) is 0 Å². The summed E-state index contributed by atoms with van der Waals surface area (Å²) in [6.07, 6.45) is 3.68. The van der Waals surface area contributed by atoms with E-state index >= 15 is 0 Å². The maximum atomic E-state index is 10.9. The van der Waals surface area contributed by atoms with E-state index in [0.29, 0.717) is 6.04 Å². The Kier molecular flexibility index (Phi) is 5.77. The molecule has 2 N–H and O–H groups in total. The van der Waals surface area contributed by atoms with Gasteiger partial charge in [-0.15, -0.1) is 0 Å². The van der Waals surface area contributed by atoms with Crippen molar-refractivity contribution in [2.75, 3.05) is 19.6 Å². The summed E-state index contributed by atoms with van der Waals surface area (Å²) in [5.74, 6) is -0.692. The van der Waals surface area contributed by atoms with Gasteiger partial charge in [0.05, 0.1) is 6.42 Å². The Balaban J connectivity index is 2.60. The molecule has 16 heavy (non-hydrogen) atoms. The molecule has 4 heteroatoms. The van der Waals surface area contributed by atoms with Gasteiger partial charge in [-0.05, 0) is 32.9 Å². The van der Waals surface area contributed by atoms with E-state index in [9.17, 15) is 4.79 Å². The lowest BCUT2D eigenvalue weighted by molar-refractivity contribution is -0.138. The zero-order valence-electron chi connectivity index (χ0n) is 10.4. The van der Waals surface area contributed by atoms with Crippen LogP contribution in [0.3, 0.4) is 0 Å². The van der Waals surface area contributed by atoms with E-state index in [1.165, 1.54) is 0 Å². The summed E-state index contributed by atoms with van der Waals surface area (Å²) in [5.41, 5.74) is 0. The molecule has 0 aliphatic carbocycles. The van der Waals surface area contributed by atoms with Crippen molar-refractivity contribution in [3.8, 4) is 0 Å². The number of nitrogens with zero attached hydrogens (tertiary/aromatic N) is 1. The molecule has 0 amide bonds. The Hall–Kier alpha value is -0.610. The normalized spacial score (nSPS) is 27.6. The Labute approximate surface area is 98.0 Å². The number of rotatable bonds is 5. The Morgan fingerprint density at radius 2 is 2.31 bits per heavy atom. The lowest BCUT2D eigenvalue weighted by Gasteiger charge is -2.33. The van der Waals surface area contributed by atoms with Gasteiger partial charge in [0, 0.05) is 18.6 Å². The molecule has 2 unspecified atom stereocenters. The van der Waals surface area contributed by atoms with E-state index in [1.807, 2.05) is 0 Å². The van der Waals surface area contributed by atoms with Crippen LogP contribution < -0.4 is 5.32 Å². The maximum absolute atomic E-state index is 10.9. The second-order valence-electron chi connectivity index (χ2n) is 4.68. The zero-order valence-corrected chi connectivity index (χ0v) is 10.4. The molecule has 0 aromatic carbocycles. The Morgan fingerprint density at radius 3 is 2.94 bits per heavy atom. The number of carboxylic acid groups (broad SMARTS) is 1. The average Bonchev–Trinajstić information content (AvgIpc) is 2.38. The van der Waals surface area contributed by atoms with Gasteiger partial charge in [-0.2, -0.15) is 0 Å². The van der Waals surface area contributed by atoms with Gasteiger partial charge in [0.1, 0.15) is 0 Å². The smallest absolute Gasteiger partial charge is 0.304 e. The first-order valence-electron chi connectivity index (χ1n) is 6.33. The van der Waals surface area contributed by atoms with Gasteiger partial charge in [-0.3, -0.25) is 9.69 Å². The first-order valence-corrected chi connectivity index (χ1v) is 6.33. The molecule has 2 atom stereocenters. The molecule has 1 saturated heterocycles. The van der Waals surface area contributed by atoms with E-state index in [2.05, 4.69) is 24.1 Å². The van der Waals surface area contributed by atoms with Crippen LogP contribution in [0.25, 0.3) is 0 Å². The van der Waals surface area contributed by atoms with Crippen LogP contribution in [0.4, 0.5) is 0 Å². The van der Waals surface area contributed by atoms with Crippen LogP contribution in [0, 0.1) is 0 Å². The zero-order chi connectivity index (χ0) is 12.0. The van der Waals surface area contributed by atoms with Crippen LogP contribution in [0.2, 0.25) is 0 Å². The SMILES string of the molecule is CCCCN1C(C)CCNCC1CC(=O)O. The number of nitrogens with one attached hydrogen (secondary N) is 1. The van der Waals surface area contributed by atoms with Crippen LogP contribution >= 0.6 is 0 Å². The van der Waals surface area contributed by atoms with Gasteiger partial charge in [-0.1, -0.05) is 13.3 Å². The first kappa shape index (κ1) is 13.5. The van der Waals surface area contributed by atoms with Gasteiger partial charge in [0.15, 0.2) is 0 Å². The average molecular weight is 228 g/mol. The Bertz CT molecular complexity index is 221. The summed E-state index contributed by atoms with van der Waals surface area (Å²) in [5, 5.41) is 12.3. The lowest BCUT2D eigenvalue weighted by Crippen LogP contribution is -2.45. The van der Waals surface area contributed by atoms with Crippen molar-refractivity contribution in [3.63, 3.8) is 0 Å². The number of aliphatic carboxylic acids is 1. The third kappa shape index (κ3) is 4.10. The van der Waals surface area contributed by atoms with Crippen molar-refractivity contribution in [1.29, 1.82) is 0 Å². The summed E-state index contributed by atoms with van der Waals surface area (Å²) in [7, 11) is 0. The molecule has 1 aliphatic heterocycles. The van der Waals surface area contributed by atoms with Crippen LogP contribution in [-0.2, 0) is 4.79 Å². The third-order valence-electron chi connectivity index (χ3n) is 3.33. The predicted octanol–water partition coefficient (Wildman–Crippen LogP) is 1.31. The molecular formula is C12H24N2O2. The van der Waals surface area contributed by atoms with Crippen LogP contribution in [0.1, 0.15) is 39.5 Å². The highest BCUT2D eigenvalue weighted by Crippen LogP contribution is 2.15. The van der Waals surface area contributed by atoms with Crippen molar-refractivity contribution in [3.05, 3.63) is 0 Å².